The van der Waals surface area contributed by atoms with E-state index in [0.717, 1.165) is 11.6 Å². The molecular formula is C16H13F3O. The van der Waals surface area contributed by atoms with E-state index in [1.165, 1.54) is 18.2 Å². The van der Waals surface area contributed by atoms with Gasteiger partial charge in [-0.15, -0.1) is 0 Å². The standard InChI is InChI=1S/C16H13F3O/c1-20-14-10-7-12(8-11-14)6-9-13-4-2-3-5-15(13)16(17,18)19/h2-11H,1H3. The summed E-state index contributed by atoms with van der Waals surface area (Å²) in [6, 6.07) is 12.6. The summed E-state index contributed by atoms with van der Waals surface area (Å²) < 4.78 is 43.5. The quantitative estimate of drug-likeness (QED) is 0.727. The molecule has 0 fully saturated rings. The first-order valence-corrected chi connectivity index (χ1v) is 5.99. The van der Waals surface area contributed by atoms with Gasteiger partial charge >= 0.3 is 6.18 Å². The largest absolute Gasteiger partial charge is 0.497 e. The average molecular weight is 278 g/mol. The van der Waals surface area contributed by atoms with Crippen LogP contribution in [0.15, 0.2) is 48.5 Å². The first-order chi connectivity index (χ1) is 9.50. The minimum Gasteiger partial charge on any atom is -0.497 e. The summed E-state index contributed by atoms with van der Waals surface area (Å²) in [4.78, 5) is 0. The van der Waals surface area contributed by atoms with E-state index in [2.05, 4.69) is 0 Å². The molecule has 2 aromatic carbocycles. The number of ether oxygens (including phenoxy) is 1. The fourth-order valence-corrected chi connectivity index (χ4v) is 1.80. The van der Waals surface area contributed by atoms with E-state index >= 15 is 0 Å². The van der Waals surface area contributed by atoms with Crippen LogP contribution in [0.2, 0.25) is 0 Å². The monoisotopic (exact) mass is 278 g/mol. The molecule has 2 rings (SSSR count). The van der Waals surface area contributed by atoms with E-state index in [1.54, 1.807) is 43.5 Å². The topological polar surface area (TPSA) is 9.23 Å². The maximum absolute atomic E-state index is 12.8. The van der Waals surface area contributed by atoms with Gasteiger partial charge in [0.05, 0.1) is 12.7 Å². The fourth-order valence-electron chi connectivity index (χ4n) is 1.80. The van der Waals surface area contributed by atoms with Gasteiger partial charge in [-0.25, -0.2) is 0 Å². The lowest BCUT2D eigenvalue weighted by Crippen LogP contribution is -2.06. The molecule has 0 heterocycles. The van der Waals surface area contributed by atoms with Gasteiger partial charge in [0.15, 0.2) is 0 Å². The highest BCUT2D eigenvalue weighted by Gasteiger charge is 2.32. The Balaban J connectivity index is 2.27. The molecule has 2 aromatic rings. The van der Waals surface area contributed by atoms with E-state index in [0.29, 0.717) is 5.75 Å². The van der Waals surface area contributed by atoms with Crippen LogP contribution < -0.4 is 4.74 Å². The van der Waals surface area contributed by atoms with Crippen LogP contribution in [0.5, 0.6) is 5.75 Å². The molecule has 104 valence electrons. The summed E-state index contributed by atoms with van der Waals surface area (Å²) in [6.45, 7) is 0. The Bertz CT molecular complexity index is 598. The van der Waals surface area contributed by atoms with E-state index in [1.807, 2.05) is 0 Å². The Labute approximate surface area is 115 Å². The predicted octanol–water partition coefficient (Wildman–Crippen LogP) is 4.88. The Kier molecular flexibility index (Phi) is 4.13. The minimum absolute atomic E-state index is 0.149. The second kappa shape index (κ2) is 5.82. The zero-order valence-corrected chi connectivity index (χ0v) is 10.8. The molecule has 0 saturated carbocycles. The number of benzene rings is 2. The molecular weight excluding hydrogens is 265 g/mol. The van der Waals surface area contributed by atoms with Crippen LogP contribution in [-0.2, 0) is 6.18 Å². The third-order valence-electron chi connectivity index (χ3n) is 2.84. The van der Waals surface area contributed by atoms with E-state index in [-0.39, 0.29) is 5.56 Å². The lowest BCUT2D eigenvalue weighted by molar-refractivity contribution is -0.137. The number of rotatable bonds is 3. The lowest BCUT2D eigenvalue weighted by atomic mass is 10.1. The molecule has 0 bridgehead atoms. The van der Waals surface area contributed by atoms with Gasteiger partial charge in [-0.2, -0.15) is 13.2 Å². The van der Waals surface area contributed by atoms with Crippen molar-refractivity contribution in [3.05, 3.63) is 65.2 Å². The van der Waals surface area contributed by atoms with Gasteiger partial charge in [0.25, 0.3) is 0 Å². The maximum atomic E-state index is 12.8. The summed E-state index contributed by atoms with van der Waals surface area (Å²) in [5.41, 5.74) is 0.323. The van der Waals surface area contributed by atoms with Gasteiger partial charge in [0.2, 0.25) is 0 Å². The minimum atomic E-state index is -4.35. The summed E-state index contributed by atoms with van der Waals surface area (Å²) in [6.07, 6.45) is -1.24. The molecule has 0 aliphatic heterocycles. The van der Waals surface area contributed by atoms with Crippen LogP contribution in [0.4, 0.5) is 13.2 Å². The van der Waals surface area contributed by atoms with Gasteiger partial charge in [-0.1, -0.05) is 42.5 Å². The highest BCUT2D eigenvalue weighted by atomic mass is 19.4. The number of halogens is 3. The second-order valence-corrected chi connectivity index (χ2v) is 4.19. The molecule has 0 unspecified atom stereocenters. The summed E-state index contributed by atoms with van der Waals surface area (Å²) >= 11 is 0. The van der Waals surface area contributed by atoms with Crippen LogP contribution in [0, 0.1) is 0 Å². The average Bonchev–Trinajstić information content (AvgIpc) is 2.45. The van der Waals surface area contributed by atoms with E-state index < -0.39 is 11.7 Å². The van der Waals surface area contributed by atoms with Gasteiger partial charge in [-0.3, -0.25) is 0 Å². The molecule has 0 aromatic heterocycles. The third kappa shape index (κ3) is 3.41. The maximum Gasteiger partial charge on any atom is 0.416 e. The van der Waals surface area contributed by atoms with Crippen molar-refractivity contribution in [3.8, 4) is 5.75 Å². The van der Waals surface area contributed by atoms with Crippen molar-refractivity contribution in [3.63, 3.8) is 0 Å². The molecule has 0 saturated heterocycles. The highest BCUT2D eigenvalue weighted by Crippen LogP contribution is 2.32. The van der Waals surface area contributed by atoms with E-state index in [4.69, 9.17) is 4.74 Å². The Morgan fingerprint density at radius 3 is 2.15 bits per heavy atom. The molecule has 0 N–H and O–H groups in total. The normalized spacial score (nSPS) is 11.8. The number of alkyl halides is 3. The number of hydrogen-bond donors (Lipinski definition) is 0. The molecule has 0 aliphatic carbocycles. The van der Waals surface area contributed by atoms with Crippen LogP contribution in [0.25, 0.3) is 12.2 Å². The van der Waals surface area contributed by atoms with Crippen molar-refractivity contribution in [1.82, 2.24) is 0 Å². The van der Waals surface area contributed by atoms with Crippen molar-refractivity contribution in [2.24, 2.45) is 0 Å². The Hall–Kier alpha value is -2.23. The van der Waals surface area contributed by atoms with Gasteiger partial charge < -0.3 is 4.74 Å². The molecule has 0 radical (unpaired) electrons. The van der Waals surface area contributed by atoms with Crippen molar-refractivity contribution in [2.45, 2.75) is 6.18 Å². The summed E-state index contributed by atoms with van der Waals surface area (Å²) in [5, 5.41) is 0. The molecule has 0 aliphatic rings. The van der Waals surface area contributed by atoms with Crippen LogP contribution in [-0.4, -0.2) is 7.11 Å². The highest BCUT2D eigenvalue weighted by molar-refractivity contribution is 5.71. The van der Waals surface area contributed by atoms with Crippen molar-refractivity contribution in [2.75, 3.05) is 7.11 Å². The third-order valence-corrected chi connectivity index (χ3v) is 2.84. The van der Waals surface area contributed by atoms with Gasteiger partial charge in [0.1, 0.15) is 5.75 Å². The van der Waals surface area contributed by atoms with Gasteiger partial charge in [-0.05, 0) is 29.3 Å². The zero-order valence-electron chi connectivity index (χ0n) is 10.8. The Morgan fingerprint density at radius 2 is 1.55 bits per heavy atom. The predicted molar refractivity (Wildman–Crippen MR) is 73.4 cm³/mol. The van der Waals surface area contributed by atoms with Crippen molar-refractivity contribution in [1.29, 1.82) is 0 Å². The molecule has 20 heavy (non-hydrogen) atoms. The molecule has 1 nitrogen and oxygen atoms in total. The zero-order chi connectivity index (χ0) is 14.6. The van der Waals surface area contributed by atoms with E-state index in [9.17, 15) is 13.2 Å². The first-order valence-electron chi connectivity index (χ1n) is 5.99. The number of methoxy groups -OCH3 is 1. The van der Waals surface area contributed by atoms with Crippen molar-refractivity contribution < 1.29 is 17.9 Å². The van der Waals surface area contributed by atoms with Crippen LogP contribution >= 0.6 is 0 Å². The van der Waals surface area contributed by atoms with Crippen LogP contribution in [0.1, 0.15) is 16.7 Å². The first kappa shape index (κ1) is 14.2. The molecule has 0 atom stereocenters. The van der Waals surface area contributed by atoms with Crippen LogP contribution in [0.3, 0.4) is 0 Å². The second-order valence-electron chi connectivity index (χ2n) is 4.19. The molecule has 0 amide bonds. The number of hydrogen-bond acceptors (Lipinski definition) is 1. The lowest BCUT2D eigenvalue weighted by Gasteiger charge is -2.09. The molecule has 4 heteroatoms. The summed E-state index contributed by atoms with van der Waals surface area (Å²) in [7, 11) is 1.56. The fraction of sp³-hybridized carbons (Fsp3) is 0.125. The van der Waals surface area contributed by atoms with Gasteiger partial charge in [0, 0.05) is 0 Å². The smallest absolute Gasteiger partial charge is 0.416 e. The van der Waals surface area contributed by atoms with Crippen molar-refractivity contribution >= 4 is 12.2 Å². The SMILES string of the molecule is COc1ccc(C=Cc2ccccc2C(F)(F)F)cc1. The summed E-state index contributed by atoms with van der Waals surface area (Å²) in [5.74, 6) is 0.706. The molecule has 0 spiro atoms. The Morgan fingerprint density at radius 1 is 0.900 bits per heavy atom.